The topological polar surface area (TPSA) is 29.3 Å². The number of nitrogens with two attached hydrogens (primary N) is 1. The molecule has 3 heteroatoms. The second-order valence-corrected chi connectivity index (χ2v) is 7.38. The SMILES string of the molecule is CC(N)C(c1ccccc1Br)N1CCC(C)(C)CC1. The molecule has 0 amide bonds. The standard InChI is InChI=1S/C16H25BrN2/c1-12(18)15(13-6-4-5-7-14(13)17)19-10-8-16(2,3)9-11-19/h4-7,12,15H,8-11,18H2,1-3H3. The predicted octanol–water partition coefficient (Wildman–Crippen LogP) is 3.96. The third kappa shape index (κ3) is 3.59. The van der Waals surface area contributed by atoms with Gasteiger partial charge in [-0.25, -0.2) is 0 Å². The minimum absolute atomic E-state index is 0.139. The summed E-state index contributed by atoms with van der Waals surface area (Å²) in [5.41, 5.74) is 8.07. The van der Waals surface area contributed by atoms with E-state index < -0.39 is 0 Å². The van der Waals surface area contributed by atoms with Crippen molar-refractivity contribution in [2.75, 3.05) is 13.1 Å². The van der Waals surface area contributed by atoms with Gasteiger partial charge in [0, 0.05) is 10.5 Å². The third-order valence-electron chi connectivity index (χ3n) is 4.27. The first-order valence-electron chi connectivity index (χ1n) is 7.15. The van der Waals surface area contributed by atoms with Gasteiger partial charge in [-0.3, -0.25) is 4.90 Å². The first kappa shape index (κ1) is 15.0. The number of nitrogens with zero attached hydrogens (tertiary/aromatic N) is 1. The van der Waals surface area contributed by atoms with Crippen LogP contribution < -0.4 is 5.73 Å². The van der Waals surface area contributed by atoms with Gasteiger partial charge < -0.3 is 5.73 Å². The summed E-state index contributed by atoms with van der Waals surface area (Å²) in [4.78, 5) is 2.55. The van der Waals surface area contributed by atoms with Crippen LogP contribution in [0.15, 0.2) is 28.7 Å². The van der Waals surface area contributed by atoms with E-state index in [2.05, 4.69) is 65.9 Å². The van der Waals surface area contributed by atoms with E-state index in [1.807, 2.05) is 0 Å². The van der Waals surface area contributed by atoms with E-state index >= 15 is 0 Å². The van der Waals surface area contributed by atoms with Crippen molar-refractivity contribution in [1.29, 1.82) is 0 Å². The highest BCUT2D eigenvalue weighted by atomic mass is 79.9. The zero-order valence-corrected chi connectivity index (χ0v) is 13.8. The summed E-state index contributed by atoms with van der Waals surface area (Å²) in [5.74, 6) is 0. The first-order valence-corrected chi connectivity index (χ1v) is 7.94. The van der Waals surface area contributed by atoms with E-state index in [4.69, 9.17) is 5.73 Å². The lowest BCUT2D eigenvalue weighted by Crippen LogP contribution is -2.45. The van der Waals surface area contributed by atoms with Crippen LogP contribution in [0, 0.1) is 5.41 Å². The summed E-state index contributed by atoms with van der Waals surface area (Å²) in [6, 6.07) is 8.91. The molecule has 1 saturated heterocycles. The van der Waals surface area contributed by atoms with Crippen molar-refractivity contribution in [3.05, 3.63) is 34.3 Å². The van der Waals surface area contributed by atoms with Gasteiger partial charge in [0.15, 0.2) is 0 Å². The number of benzene rings is 1. The molecule has 2 unspecified atom stereocenters. The molecule has 0 saturated carbocycles. The van der Waals surface area contributed by atoms with Crippen molar-refractivity contribution in [3.8, 4) is 0 Å². The quantitative estimate of drug-likeness (QED) is 0.911. The van der Waals surface area contributed by atoms with Crippen molar-refractivity contribution in [2.24, 2.45) is 11.1 Å². The molecule has 1 aromatic rings. The van der Waals surface area contributed by atoms with Crippen LogP contribution in [0.1, 0.15) is 45.2 Å². The average molecular weight is 325 g/mol. The monoisotopic (exact) mass is 324 g/mol. The Kier molecular flexibility index (Phi) is 4.70. The molecule has 1 fully saturated rings. The third-order valence-corrected chi connectivity index (χ3v) is 4.99. The zero-order valence-electron chi connectivity index (χ0n) is 12.2. The Balaban J connectivity index is 2.20. The van der Waals surface area contributed by atoms with E-state index in [0.717, 1.165) is 13.1 Å². The Bertz CT molecular complexity index is 419. The summed E-state index contributed by atoms with van der Waals surface area (Å²) >= 11 is 3.67. The van der Waals surface area contributed by atoms with Gasteiger partial charge in [-0.05, 0) is 49.9 Å². The van der Waals surface area contributed by atoms with Gasteiger partial charge in [-0.15, -0.1) is 0 Å². The summed E-state index contributed by atoms with van der Waals surface area (Å²) in [7, 11) is 0. The molecule has 1 aliphatic heterocycles. The minimum Gasteiger partial charge on any atom is -0.326 e. The second-order valence-electron chi connectivity index (χ2n) is 6.53. The van der Waals surface area contributed by atoms with Crippen molar-refractivity contribution < 1.29 is 0 Å². The molecule has 1 aromatic carbocycles. The van der Waals surface area contributed by atoms with Gasteiger partial charge in [-0.2, -0.15) is 0 Å². The van der Waals surface area contributed by atoms with E-state index in [1.165, 1.54) is 22.9 Å². The Labute approximate surface area is 125 Å². The van der Waals surface area contributed by atoms with Crippen molar-refractivity contribution in [2.45, 2.75) is 45.7 Å². The smallest absolute Gasteiger partial charge is 0.0507 e. The Morgan fingerprint density at radius 2 is 1.79 bits per heavy atom. The lowest BCUT2D eigenvalue weighted by molar-refractivity contribution is 0.0839. The van der Waals surface area contributed by atoms with E-state index in [0.29, 0.717) is 11.5 Å². The predicted molar refractivity (Wildman–Crippen MR) is 85.1 cm³/mol. The summed E-state index contributed by atoms with van der Waals surface area (Å²) in [5, 5.41) is 0. The highest BCUT2D eigenvalue weighted by Crippen LogP contribution is 2.36. The van der Waals surface area contributed by atoms with E-state index in [1.54, 1.807) is 0 Å². The maximum Gasteiger partial charge on any atom is 0.0507 e. The molecule has 19 heavy (non-hydrogen) atoms. The largest absolute Gasteiger partial charge is 0.326 e. The van der Waals surface area contributed by atoms with Gasteiger partial charge in [0.1, 0.15) is 0 Å². The fraction of sp³-hybridized carbons (Fsp3) is 0.625. The maximum absolute atomic E-state index is 6.27. The average Bonchev–Trinajstić information content (AvgIpc) is 2.33. The lowest BCUT2D eigenvalue weighted by atomic mass is 9.81. The minimum atomic E-state index is 0.139. The molecule has 0 radical (unpaired) electrons. The summed E-state index contributed by atoms with van der Waals surface area (Å²) < 4.78 is 1.17. The van der Waals surface area contributed by atoms with Crippen molar-refractivity contribution in [1.82, 2.24) is 4.90 Å². The molecule has 106 valence electrons. The van der Waals surface area contributed by atoms with Crippen LogP contribution in [0.3, 0.4) is 0 Å². The van der Waals surface area contributed by atoms with Gasteiger partial charge in [0.2, 0.25) is 0 Å². The van der Waals surface area contributed by atoms with Crippen LogP contribution in [0.5, 0.6) is 0 Å². The van der Waals surface area contributed by atoms with Crippen molar-refractivity contribution in [3.63, 3.8) is 0 Å². The van der Waals surface area contributed by atoms with Crippen LogP contribution in [0.4, 0.5) is 0 Å². The Hall–Kier alpha value is -0.380. The Morgan fingerprint density at radius 3 is 2.32 bits per heavy atom. The highest BCUT2D eigenvalue weighted by Gasteiger charge is 2.32. The first-order chi connectivity index (χ1) is 8.91. The number of piperidine rings is 1. The molecule has 1 aliphatic rings. The molecular weight excluding hydrogens is 300 g/mol. The van der Waals surface area contributed by atoms with Crippen LogP contribution in [-0.2, 0) is 0 Å². The fourth-order valence-corrected chi connectivity index (χ4v) is 3.45. The zero-order chi connectivity index (χ0) is 14.0. The van der Waals surface area contributed by atoms with Crippen LogP contribution in [-0.4, -0.2) is 24.0 Å². The van der Waals surface area contributed by atoms with E-state index in [9.17, 15) is 0 Å². The summed E-state index contributed by atoms with van der Waals surface area (Å²) in [6.45, 7) is 9.12. The molecule has 0 spiro atoms. The number of hydrogen-bond acceptors (Lipinski definition) is 2. The summed E-state index contributed by atoms with van der Waals surface area (Å²) in [6.07, 6.45) is 2.50. The fourth-order valence-electron chi connectivity index (χ4n) is 2.93. The molecule has 0 aliphatic carbocycles. The molecule has 2 nitrogen and oxygen atoms in total. The number of likely N-dealkylation sites (tertiary alicyclic amines) is 1. The van der Waals surface area contributed by atoms with Gasteiger partial charge in [-0.1, -0.05) is 48.0 Å². The lowest BCUT2D eigenvalue weighted by Gasteiger charge is -2.42. The molecule has 0 aromatic heterocycles. The van der Waals surface area contributed by atoms with Crippen LogP contribution >= 0.6 is 15.9 Å². The maximum atomic E-state index is 6.27. The van der Waals surface area contributed by atoms with Crippen LogP contribution in [0.25, 0.3) is 0 Å². The van der Waals surface area contributed by atoms with Gasteiger partial charge in [0.05, 0.1) is 6.04 Å². The number of halogens is 1. The molecule has 2 atom stereocenters. The molecule has 2 rings (SSSR count). The molecular formula is C16H25BrN2. The van der Waals surface area contributed by atoms with Crippen molar-refractivity contribution >= 4 is 15.9 Å². The van der Waals surface area contributed by atoms with Crippen LogP contribution in [0.2, 0.25) is 0 Å². The van der Waals surface area contributed by atoms with Gasteiger partial charge >= 0.3 is 0 Å². The number of rotatable bonds is 3. The highest BCUT2D eigenvalue weighted by molar-refractivity contribution is 9.10. The normalized spacial score (nSPS) is 23.0. The second kappa shape index (κ2) is 5.94. The molecule has 0 bridgehead atoms. The van der Waals surface area contributed by atoms with E-state index in [-0.39, 0.29) is 6.04 Å². The number of hydrogen-bond donors (Lipinski definition) is 1. The molecule has 2 N–H and O–H groups in total. The Morgan fingerprint density at radius 1 is 1.21 bits per heavy atom. The van der Waals surface area contributed by atoms with Gasteiger partial charge in [0.25, 0.3) is 0 Å². The molecule has 1 heterocycles.